The van der Waals surface area contributed by atoms with E-state index in [0.29, 0.717) is 35.5 Å². The highest BCUT2D eigenvalue weighted by molar-refractivity contribution is 6.90. The summed E-state index contributed by atoms with van der Waals surface area (Å²) in [5.74, 6) is 3.50. The van der Waals surface area contributed by atoms with Gasteiger partial charge in [-0.25, -0.2) is 18.3 Å². The van der Waals surface area contributed by atoms with Gasteiger partial charge in [-0.1, -0.05) is 237 Å². The molecule has 0 saturated carbocycles. The lowest BCUT2D eigenvalue weighted by Gasteiger charge is -2.23. The molecule has 0 saturated heterocycles. The van der Waals surface area contributed by atoms with E-state index < -0.39 is 32.3 Å². The Hall–Kier alpha value is -5.65. The molecule has 0 fully saturated rings. The highest BCUT2D eigenvalue weighted by Gasteiger charge is 2.32. The molecule has 8 heteroatoms. The fourth-order valence-electron chi connectivity index (χ4n) is 13.6. The molecule has 4 aromatic heterocycles. The van der Waals surface area contributed by atoms with Crippen molar-refractivity contribution in [1.29, 1.82) is 0 Å². The van der Waals surface area contributed by atoms with Crippen molar-refractivity contribution in [2.24, 2.45) is 34.1 Å². The number of rotatable bonds is 15. The second kappa shape index (κ2) is 32.1. The van der Waals surface area contributed by atoms with E-state index in [9.17, 15) is 0 Å². The van der Waals surface area contributed by atoms with Crippen LogP contribution < -0.4 is 39.0 Å². The molecule has 8 rings (SSSR count). The third-order valence-electron chi connectivity index (χ3n) is 19.4. The lowest BCUT2D eigenvalue weighted by atomic mass is 9.85. The van der Waals surface area contributed by atoms with Gasteiger partial charge < -0.3 is 0 Å². The average Bonchev–Trinajstić information content (AvgIpc) is 0.797. The van der Waals surface area contributed by atoms with E-state index in [1.165, 1.54) is 112 Å². The van der Waals surface area contributed by atoms with Crippen LogP contribution in [0.5, 0.6) is 0 Å². The largest absolute Gasteiger partial charge is 0.212 e. The molecular weight excluding hydrogens is 1230 g/mol. The van der Waals surface area contributed by atoms with Gasteiger partial charge in [0.1, 0.15) is 28.2 Å². The molecule has 0 radical (unpaired) electrons. The molecule has 96 heavy (non-hydrogen) atoms. The van der Waals surface area contributed by atoms with Crippen LogP contribution in [0.15, 0.2) is 122 Å². The highest BCUT2D eigenvalue weighted by Crippen LogP contribution is 2.33. The molecule has 0 aliphatic rings. The summed E-state index contributed by atoms with van der Waals surface area (Å²) < 4.78 is 9.32. The molecule has 520 valence electrons. The summed E-state index contributed by atoms with van der Waals surface area (Å²) in [6.07, 6.45) is 10.7. The quantitative estimate of drug-likeness (QED) is 0.0718. The zero-order valence-electron chi connectivity index (χ0n) is 68.0. The normalized spacial score (nSPS) is 12.4. The number of hydrogen-bond donors (Lipinski definition) is 0. The van der Waals surface area contributed by atoms with Crippen LogP contribution in [0.1, 0.15) is 200 Å². The summed E-state index contributed by atoms with van der Waals surface area (Å²) in [5.41, 5.74) is 28.0. The third-order valence-corrected chi connectivity index (χ3v) is 27.5. The molecule has 4 nitrogen and oxygen atoms in total. The molecule has 4 aromatic carbocycles. The van der Waals surface area contributed by atoms with E-state index >= 15 is 0 Å². The fourth-order valence-corrected chi connectivity index (χ4v) is 20.8. The summed E-state index contributed by atoms with van der Waals surface area (Å²) in [6, 6.07) is 37.4. The Balaban J connectivity index is 0.000000232. The average molecular weight is 1360 g/mol. The van der Waals surface area contributed by atoms with Crippen LogP contribution in [-0.2, 0) is 40.0 Å². The van der Waals surface area contributed by atoms with Crippen molar-refractivity contribution in [3.05, 3.63) is 189 Å². The van der Waals surface area contributed by atoms with Crippen LogP contribution >= 0.6 is 0 Å². The summed E-state index contributed by atoms with van der Waals surface area (Å²) in [4.78, 5) is 0. The van der Waals surface area contributed by atoms with Crippen molar-refractivity contribution in [3.8, 4) is 45.0 Å². The maximum Gasteiger partial charge on any atom is 0.212 e. The number of hydrogen-bond acceptors (Lipinski definition) is 0. The van der Waals surface area contributed by atoms with Gasteiger partial charge in [-0.05, 0) is 167 Å². The van der Waals surface area contributed by atoms with Gasteiger partial charge in [0.2, 0.25) is 22.8 Å². The third kappa shape index (κ3) is 20.7. The maximum absolute atomic E-state index is 2.45. The van der Waals surface area contributed by atoms with E-state index in [4.69, 9.17) is 0 Å². The Morgan fingerprint density at radius 3 is 0.854 bits per heavy atom. The summed E-state index contributed by atoms with van der Waals surface area (Å²) in [7, 11) is 3.35. The molecule has 0 bridgehead atoms. The number of aromatic nitrogens is 4. The smallest absolute Gasteiger partial charge is 0.201 e. The van der Waals surface area contributed by atoms with Gasteiger partial charge in [0.05, 0.1) is 32.3 Å². The first-order valence-electron chi connectivity index (χ1n) is 36.5. The SMILES string of the molecule is Cc1cc(C(C)(C)C)ccc1-c1cc(C(C)C)c([Si](C)(C)C)c[n+]1C.Cc1cc(C(C)C)ccc1-c1cc(C(C)C)c([Si](C)(C)C)c[n+]1C.Cc1cc(CC(C)C)ccc1-c1cc(C(C)C)c([Si](C)(C)C)c[n+]1C.Cc1ccc(-c2cc(C(C)C)c([Si](C)(C)C)c[n+]2C)c(C)c1. The monoisotopic (exact) mass is 1360 g/mol. The number of benzene rings is 4. The zero-order chi connectivity index (χ0) is 73.0. The molecule has 0 spiro atoms. The molecule has 0 unspecified atom stereocenters. The first-order valence-corrected chi connectivity index (χ1v) is 50.5. The predicted octanol–water partition coefficient (Wildman–Crippen LogP) is 20.5. The Morgan fingerprint density at radius 2 is 0.604 bits per heavy atom. The van der Waals surface area contributed by atoms with Gasteiger partial charge in [0, 0.05) is 67.3 Å². The lowest BCUT2D eigenvalue weighted by Crippen LogP contribution is -2.47. The van der Waals surface area contributed by atoms with Crippen LogP contribution in [0.4, 0.5) is 0 Å². The summed E-state index contributed by atoms with van der Waals surface area (Å²) in [5, 5.41) is 6.33. The Kier molecular flexibility index (Phi) is 27.1. The minimum atomic E-state index is -1.36. The molecule has 0 aliphatic heterocycles. The van der Waals surface area contributed by atoms with Gasteiger partial charge in [-0.15, -0.1) is 0 Å². The van der Waals surface area contributed by atoms with Crippen molar-refractivity contribution in [3.63, 3.8) is 0 Å². The summed E-state index contributed by atoms with van der Waals surface area (Å²) >= 11 is 0. The van der Waals surface area contributed by atoms with Gasteiger partial charge >= 0.3 is 0 Å². The van der Waals surface area contributed by atoms with Crippen molar-refractivity contribution in [1.82, 2.24) is 0 Å². The first-order chi connectivity index (χ1) is 43.9. The zero-order valence-corrected chi connectivity index (χ0v) is 72.0. The van der Waals surface area contributed by atoms with E-state index in [1.54, 1.807) is 20.7 Å². The first kappa shape index (κ1) is 81.0. The van der Waals surface area contributed by atoms with Crippen LogP contribution in [0.25, 0.3) is 45.0 Å². The van der Waals surface area contributed by atoms with Crippen molar-refractivity contribution >= 4 is 53.0 Å². The number of aryl methyl sites for hydroxylation is 9. The Labute approximate surface area is 593 Å². The maximum atomic E-state index is 2.45. The van der Waals surface area contributed by atoms with Crippen molar-refractivity contribution in [2.45, 2.75) is 258 Å². The lowest BCUT2D eigenvalue weighted by molar-refractivity contribution is -0.659. The van der Waals surface area contributed by atoms with E-state index in [-0.39, 0.29) is 5.41 Å². The molecule has 8 aromatic rings. The Morgan fingerprint density at radius 1 is 0.323 bits per heavy atom. The van der Waals surface area contributed by atoms with Gasteiger partial charge in [0.15, 0.2) is 24.8 Å². The molecule has 0 amide bonds. The second-order valence-electron chi connectivity index (χ2n) is 35.7. The van der Waals surface area contributed by atoms with E-state index in [0.717, 1.165) is 6.42 Å². The van der Waals surface area contributed by atoms with Crippen LogP contribution in [0.2, 0.25) is 78.6 Å². The van der Waals surface area contributed by atoms with Crippen LogP contribution in [0.3, 0.4) is 0 Å². The highest BCUT2D eigenvalue weighted by atomic mass is 28.3. The number of pyridine rings is 4. The molecule has 0 aliphatic carbocycles. The predicted molar refractivity (Wildman–Crippen MR) is 436 cm³/mol. The molecular formula is C88H136N4Si4+4. The molecule has 0 atom stereocenters. The van der Waals surface area contributed by atoms with Crippen molar-refractivity contribution < 1.29 is 18.3 Å². The topological polar surface area (TPSA) is 15.5 Å². The van der Waals surface area contributed by atoms with Crippen molar-refractivity contribution in [2.75, 3.05) is 0 Å². The van der Waals surface area contributed by atoms with Crippen LogP contribution in [-0.4, -0.2) is 32.3 Å². The fraction of sp³-hybridized carbons (Fsp3) is 0.500. The van der Waals surface area contributed by atoms with Gasteiger partial charge in [-0.3, -0.25) is 0 Å². The second-order valence-corrected chi connectivity index (χ2v) is 55.9. The van der Waals surface area contributed by atoms with Crippen LogP contribution in [0, 0.1) is 40.5 Å². The summed E-state index contributed by atoms with van der Waals surface area (Å²) in [6.45, 7) is 74.8. The molecule has 0 N–H and O–H groups in total. The van der Waals surface area contributed by atoms with E-state index in [2.05, 4.69) is 385 Å². The number of nitrogens with zero attached hydrogens (tertiary/aromatic N) is 4. The minimum absolute atomic E-state index is 0.191. The Bertz CT molecular complexity index is 3990. The standard InChI is InChI=1S/2C23H36NSi.C22H34NSi.C20H30NSi/c1-16(2)20-14-21(24(7)15-22(20)25(8,9)10)19-12-11-18(13-17(19)3)23(4,5)6;1-16(2)12-19-10-11-20(18(5)13-19)22-14-21(17(3)4)23(15-24(22)6)25(7,8)9;1-15(2)18-10-11-19(17(5)12-18)21-13-20(16(3)4)22(14-23(21)6)24(7,8)9;1-14(2)18-12-19(17-10-9-15(3)11-16(17)4)21(5)13-20(18)22(6,7)8/h11-16H,1-10H3;10-11,13-17H,12H2,1-9H3;10-16H,1-9H3;9-14H,1-8H3/q4*+1. The van der Waals surface area contributed by atoms with Gasteiger partial charge in [-0.2, -0.15) is 0 Å². The minimum Gasteiger partial charge on any atom is -0.201 e. The van der Waals surface area contributed by atoms with Gasteiger partial charge in [0.25, 0.3) is 0 Å². The molecule has 4 heterocycles. The van der Waals surface area contributed by atoms with E-state index in [1.807, 2.05) is 0 Å².